The van der Waals surface area contributed by atoms with Crippen LogP contribution in [0.2, 0.25) is 0 Å². The molecule has 1 aliphatic rings. The summed E-state index contributed by atoms with van der Waals surface area (Å²) in [7, 11) is 3.77. The molecule has 0 radical (unpaired) electrons. The van der Waals surface area contributed by atoms with E-state index in [1.165, 1.54) is 0 Å². The van der Waals surface area contributed by atoms with Crippen LogP contribution in [0.4, 0.5) is 11.4 Å². The van der Waals surface area contributed by atoms with Gasteiger partial charge in [-0.3, -0.25) is 0 Å². The van der Waals surface area contributed by atoms with Crippen molar-refractivity contribution in [2.24, 2.45) is 0 Å². The number of aromatic nitrogens is 2. The maximum atomic E-state index is 5.74. The summed E-state index contributed by atoms with van der Waals surface area (Å²) in [6, 6.07) is 15.7. The van der Waals surface area contributed by atoms with Gasteiger partial charge in [-0.1, -0.05) is 6.08 Å². The average molecular weight is 350 g/mol. The Morgan fingerprint density at radius 2 is 1.31 bits per heavy atom. The van der Waals surface area contributed by atoms with Gasteiger partial charge in [0.1, 0.15) is 0 Å². The van der Waals surface area contributed by atoms with E-state index in [4.69, 9.17) is 4.42 Å². The number of nitrogens with one attached hydrogen (secondary N) is 4. The van der Waals surface area contributed by atoms with Crippen molar-refractivity contribution in [3.05, 3.63) is 60.8 Å². The Kier molecular flexibility index (Phi) is 5.84. The van der Waals surface area contributed by atoms with E-state index in [-0.39, 0.29) is 0 Å². The summed E-state index contributed by atoms with van der Waals surface area (Å²) < 4.78 is 5.74. The molecule has 0 unspecified atom stereocenters. The minimum absolute atomic E-state index is 0.519. The van der Waals surface area contributed by atoms with Crippen molar-refractivity contribution in [3.8, 4) is 22.9 Å². The fourth-order valence-corrected chi connectivity index (χ4v) is 2.31. The highest BCUT2D eigenvalue weighted by Crippen LogP contribution is 2.25. The van der Waals surface area contributed by atoms with Gasteiger partial charge in [0.15, 0.2) is 0 Å². The molecule has 1 aliphatic heterocycles. The number of rotatable bonds is 4. The van der Waals surface area contributed by atoms with Gasteiger partial charge in [0, 0.05) is 49.3 Å². The zero-order chi connectivity index (χ0) is 18.2. The molecule has 0 aliphatic carbocycles. The summed E-state index contributed by atoms with van der Waals surface area (Å²) in [5.74, 6) is 1.04. The number of benzene rings is 2. The molecule has 7 heteroatoms. The number of hydrazine groups is 1. The SMILES string of the molecule is C1=CNNC1.CNc1ccc(-c2nnc(-c3ccc(NC)cc3)o2)cc1. The second-order valence-electron chi connectivity index (χ2n) is 5.49. The van der Waals surface area contributed by atoms with Crippen LogP contribution in [-0.2, 0) is 0 Å². The summed E-state index contributed by atoms with van der Waals surface area (Å²) in [5.41, 5.74) is 9.54. The van der Waals surface area contributed by atoms with Crippen molar-refractivity contribution in [3.63, 3.8) is 0 Å². The highest BCUT2D eigenvalue weighted by atomic mass is 16.4. The number of anilines is 2. The first-order valence-electron chi connectivity index (χ1n) is 8.33. The van der Waals surface area contributed by atoms with Crippen LogP contribution in [0.1, 0.15) is 0 Å². The van der Waals surface area contributed by atoms with E-state index in [9.17, 15) is 0 Å². The molecule has 4 N–H and O–H groups in total. The monoisotopic (exact) mass is 350 g/mol. The van der Waals surface area contributed by atoms with Crippen molar-refractivity contribution < 1.29 is 4.42 Å². The minimum Gasteiger partial charge on any atom is -0.416 e. The van der Waals surface area contributed by atoms with Crippen molar-refractivity contribution in [1.29, 1.82) is 0 Å². The molecule has 0 atom stereocenters. The molecule has 7 nitrogen and oxygen atoms in total. The number of hydrogen-bond acceptors (Lipinski definition) is 7. The van der Waals surface area contributed by atoms with Gasteiger partial charge in [-0.15, -0.1) is 10.2 Å². The van der Waals surface area contributed by atoms with Crippen molar-refractivity contribution in [2.45, 2.75) is 0 Å². The first-order chi connectivity index (χ1) is 12.8. The molecular formula is C19H22N6O. The molecular weight excluding hydrogens is 328 g/mol. The van der Waals surface area contributed by atoms with Crippen LogP contribution in [-0.4, -0.2) is 30.8 Å². The van der Waals surface area contributed by atoms with Crippen molar-refractivity contribution in [1.82, 2.24) is 21.0 Å². The molecule has 1 aromatic heterocycles. The van der Waals surface area contributed by atoms with Gasteiger partial charge >= 0.3 is 0 Å². The van der Waals surface area contributed by atoms with Crippen LogP contribution in [0.25, 0.3) is 22.9 Å². The van der Waals surface area contributed by atoms with E-state index >= 15 is 0 Å². The molecule has 0 bridgehead atoms. The fraction of sp³-hybridized carbons (Fsp3) is 0.158. The highest BCUT2D eigenvalue weighted by Gasteiger charge is 2.10. The van der Waals surface area contributed by atoms with E-state index in [1.54, 1.807) is 0 Å². The zero-order valence-corrected chi connectivity index (χ0v) is 14.8. The highest BCUT2D eigenvalue weighted by molar-refractivity contribution is 5.62. The second kappa shape index (κ2) is 8.68. The van der Waals surface area contributed by atoms with Crippen LogP contribution in [0.15, 0.2) is 65.2 Å². The van der Waals surface area contributed by atoms with Gasteiger partial charge in [0.05, 0.1) is 0 Å². The van der Waals surface area contributed by atoms with E-state index in [1.807, 2.05) is 74.9 Å². The molecule has 2 aromatic carbocycles. The standard InChI is InChI=1S/C16H16N4O.C3H6N2/c1-17-13-7-3-11(4-8-13)15-19-20-16(21-15)12-5-9-14(18-2)10-6-12;1-2-4-5-3-1/h3-10,17-18H,1-2H3;1-2,4-5H,3H2. The third kappa shape index (κ3) is 4.40. The third-order valence-electron chi connectivity index (χ3n) is 3.79. The molecule has 3 aromatic rings. The number of hydrogen-bond donors (Lipinski definition) is 4. The van der Waals surface area contributed by atoms with Crippen LogP contribution < -0.4 is 21.5 Å². The minimum atomic E-state index is 0.519. The van der Waals surface area contributed by atoms with Crippen LogP contribution in [0, 0.1) is 0 Å². The van der Waals surface area contributed by atoms with Gasteiger partial charge in [-0.05, 0) is 48.5 Å². The Bertz CT molecular complexity index is 771. The largest absolute Gasteiger partial charge is 0.416 e. The lowest BCUT2D eigenvalue weighted by Crippen LogP contribution is -2.19. The predicted octanol–water partition coefficient (Wildman–Crippen LogP) is 3.09. The van der Waals surface area contributed by atoms with E-state index in [2.05, 4.69) is 31.7 Å². The Hall–Kier alpha value is -3.32. The summed E-state index contributed by atoms with van der Waals surface area (Å²) >= 11 is 0. The molecule has 0 saturated carbocycles. The van der Waals surface area contributed by atoms with Gasteiger partial charge < -0.3 is 20.5 Å². The van der Waals surface area contributed by atoms with Crippen molar-refractivity contribution in [2.75, 3.05) is 31.3 Å². The van der Waals surface area contributed by atoms with Gasteiger partial charge in [-0.25, -0.2) is 5.43 Å². The maximum absolute atomic E-state index is 5.74. The van der Waals surface area contributed by atoms with Crippen LogP contribution in [0.5, 0.6) is 0 Å². The Morgan fingerprint density at radius 3 is 1.62 bits per heavy atom. The second-order valence-corrected chi connectivity index (χ2v) is 5.49. The molecule has 0 amide bonds. The maximum Gasteiger partial charge on any atom is 0.248 e. The van der Waals surface area contributed by atoms with E-state index in [0.29, 0.717) is 11.8 Å². The Balaban J connectivity index is 0.000000339. The smallest absolute Gasteiger partial charge is 0.248 e. The first-order valence-corrected chi connectivity index (χ1v) is 8.33. The van der Waals surface area contributed by atoms with Gasteiger partial charge in [0.2, 0.25) is 11.8 Å². The van der Waals surface area contributed by atoms with Crippen LogP contribution >= 0.6 is 0 Å². The molecule has 0 spiro atoms. The molecule has 26 heavy (non-hydrogen) atoms. The number of nitrogens with zero attached hydrogens (tertiary/aromatic N) is 2. The average Bonchev–Trinajstić information content (AvgIpc) is 3.43. The molecule has 2 heterocycles. The fourth-order valence-electron chi connectivity index (χ4n) is 2.31. The van der Waals surface area contributed by atoms with E-state index in [0.717, 1.165) is 29.0 Å². The summed E-state index contributed by atoms with van der Waals surface area (Å²) in [4.78, 5) is 0. The predicted molar refractivity (Wildman–Crippen MR) is 105 cm³/mol. The Labute approximate surface area is 152 Å². The van der Waals surface area contributed by atoms with Crippen molar-refractivity contribution >= 4 is 11.4 Å². The van der Waals surface area contributed by atoms with Crippen LogP contribution in [0.3, 0.4) is 0 Å². The first kappa shape index (κ1) is 17.5. The lowest BCUT2D eigenvalue weighted by Gasteiger charge is -2.00. The summed E-state index contributed by atoms with van der Waals surface area (Å²) in [6.07, 6.45) is 3.89. The zero-order valence-electron chi connectivity index (χ0n) is 14.8. The normalized spacial score (nSPS) is 12.1. The topological polar surface area (TPSA) is 87.0 Å². The molecule has 4 rings (SSSR count). The van der Waals surface area contributed by atoms with Gasteiger partial charge in [-0.2, -0.15) is 0 Å². The van der Waals surface area contributed by atoms with Gasteiger partial charge in [0.25, 0.3) is 0 Å². The molecule has 0 fully saturated rings. The third-order valence-corrected chi connectivity index (χ3v) is 3.79. The molecule has 134 valence electrons. The summed E-state index contributed by atoms with van der Waals surface area (Å²) in [6.45, 7) is 0.958. The lowest BCUT2D eigenvalue weighted by atomic mass is 10.2. The quantitative estimate of drug-likeness (QED) is 0.575. The molecule has 0 saturated heterocycles. The summed E-state index contributed by atoms with van der Waals surface area (Å²) in [5, 5.41) is 14.4. The lowest BCUT2D eigenvalue weighted by molar-refractivity contribution is 0.584. The van der Waals surface area contributed by atoms with E-state index < -0.39 is 0 Å². The Morgan fingerprint density at radius 1 is 0.808 bits per heavy atom.